The number of carbonyl (C=O) groups is 1. The number of halogens is 1. The minimum atomic E-state index is -0.751. The number of hydrogen-bond donors (Lipinski definition) is 1. The Morgan fingerprint density at radius 3 is 2.55 bits per heavy atom. The molecule has 1 fully saturated rings. The fourth-order valence-electron chi connectivity index (χ4n) is 2.60. The molecule has 0 spiro atoms. The molecule has 0 amide bonds. The second-order valence-corrected chi connectivity index (χ2v) is 5.69. The number of carbonyl (C=O) groups excluding carboxylic acids is 1. The third kappa shape index (κ3) is 3.50. The Morgan fingerprint density at radius 1 is 1.40 bits per heavy atom. The Bertz CT molecular complexity index is 456. The van der Waals surface area contributed by atoms with Gasteiger partial charge in [-0.3, -0.25) is 0 Å². The molecular formula is C16H22FNO2. The van der Waals surface area contributed by atoms with Crippen molar-refractivity contribution in [1.82, 2.24) is 0 Å². The Labute approximate surface area is 119 Å². The highest BCUT2D eigenvalue weighted by Gasteiger charge is 2.38. The van der Waals surface area contributed by atoms with Crippen LogP contribution in [0.1, 0.15) is 39.5 Å². The maximum atomic E-state index is 13.0. The lowest BCUT2D eigenvalue weighted by Crippen LogP contribution is -2.47. The van der Waals surface area contributed by atoms with E-state index in [-0.39, 0.29) is 11.8 Å². The molecule has 1 unspecified atom stereocenters. The number of esters is 1. The van der Waals surface area contributed by atoms with Gasteiger partial charge in [0.25, 0.3) is 0 Å². The predicted molar refractivity (Wildman–Crippen MR) is 77.0 cm³/mol. The quantitative estimate of drug-likeness (QED) is 0.806. The molecule has 0 heterocycles. The van der Waals surface area contributed by atoms with E-state index in [0.717, 1.165) is 12.1 Å². The lowest BCUT2D eigenvalue weighted by molar-refractivity contribution is -0.148. The van der Waals surface area contributed by atoms with Crippen molar-refractivity contribution >= 4 is 11.7 Å². The van der Waals surface area contributed by atoms with Gasteiger partial charge in [0.15, 0.2) is 0 Å². The molecule has 110 valence electrons. The zero-order chi connectivity index (χ0) is 14.6. The molecule has 1 aromatic carbocycles. The zero-order valence-corrected chi connectivity index (χ0v) is 12.1. The number of hydrogen-bond acceptors (Lipinski definition) is 3. The highest BCUT2D eigenvalue weighted by Crippen LogP contribution is 2.35. The van der Waals surface area contributed by atoms with Gasteiger partial charge in [0.1, 0.15) is 11.4 Å². The van der Waals surface area contributed by atoms with Crippen molar-refractivity contribution in [3.05, 3.63) is 30.1 Å². The fourth-order valence-corrected chi connectivity index (χ4v) is 2.60. The summed E-state index contributed by atoms with van der Waals surface area (Å²) in [6, 6.07) is 6.07. The lowest BCUT2D eigenvalue weighted by atomic mass is 9.76. The Kier molecular flexibility index (Phi) is 4.63. The van der Waals surface area contributed by atoms with Gasteiger partial charge in [-0.25, -0.2) is 9.18 Å². The first-order chi connectivity index (χ1) is 9.53. The van der Waals surface area contributed by atoms with E-state index in [9.17, 15) is 9.18 Å². The summed E-state index contributed by atoms with van der Waals surface area (Å²) in [5, 5.41) is 3.23. The maximum absolute atomic E-state index is 13.0. The standard InChI is InChI=1S/C16H22FNO2/c1-3-20-15(19)16(2,11-12-5-4-6-12)18-14-9-7-13(17)8-10-14/h7-10,12,18H,3-6,11H2,1-2H3. The zero-order valence-electron chi connectivity index (χ0n) is 12.1. The van der Waals surface area contributed by atoms with E-state index in [1.165, 1.54) is 31.4 Å². The molecule has 2 rings (SSSR count). The Balaban J connectivity index is 2.11. The highest BCUT2D eigenvalue weighted by molar-refractivity contribution is 5.84. The van der Waals surface area contributed by atoms with Crippen LogP contribution in [0.3, 0.4) is 0 Å². The molecule has 20 heavy (non-hydrogen) atoms. The Hall–Kier alpha value is -1.58. The molecular weight excluding hydrogens is 257 g/mol. The van der Waals surface area contributed by atoms with Crippen molar-refractivity contribution < 1.29 is 13.9 Å². The van der Waals surface area contributed by atoms with Crippen LogP contribution in [0.4, 0.5) is 10.1 Å². The van der Waals surface area contributed by atoms with E-state index in [1.807, 2.05) is 6.92 Å². The molecule has 0 saturated heterocycles. The third-order valence-electron chi connectivity index (χ3n) is 3.91. The van der Waals surface area contributed by atoms with Crippen molar-refractivity contribution in [3.8, 4) is 0 Å². The molecule has 1 aliphatic carbocycles. The van der Waals surface area contributed by atoms with Gasteiger partial charge in [0, 0.05) is 5.69 Å². The van der Waals surface area contributed by atoms with Crippen molar-refractivity contribution in [2.75, 3.05) is 11.9 Å². The average molecular weight is 279 g/mol. The minimum Gasteiger partial charge on any atom is -0.464 e. The molecule has 4 heteroatoms. The first-order valence-corrected chi connectivity index (χ1v) is 7.24. The van der Waals surface area contributed by atoms with Gasteiger partial charge in [0.2, 0.25) is 0 Å². The van der Waals surface area contributed by atoms with E-state index >= 15 is 0 Å². The molecule has 3 nitrogen and oxygen atoms in total. The third-order valence-corrected chi connectivity index (χ3v) is 3.91. The van der Waals surface area contributed by atoms with Crippen LogP contribution >= 0.6 is 0 Å². The summed E-state index contributed by atoms with van der Waals surface area (Å²) in [5.41, 5.74) is -0.0138. The summed E-state index contributed by atoms with van der Waals surface area (Å²) in [4.78, 5) is 12.3. The van der Waals surface area contributed by atoms with Gasteiger partial charge < -0.3 is 10.1 Å². The monoisotopic (exact) mass is 279 g/mol. The summed E-state index contributed by atoms with van der Waals surface area (Å²) in [7, 11) is 0. The van der Waals surface area contributed by atoms with E-state index in [4.69, 9.17) is 4.74 Å². The van der Waals surface area contributed by atoms with Crippen LogP contribution in [0, 0.1) is 11.7 Å². The summed E-state index contributed by atoms with van der Waals surface area (Å²) in [6.45, 7) is 4.04. The van der Waals surface area contributed by atoms with Crippen LogP contribution in [-0.2, 0) is 9.53 Å². The molecule has 1 saturated carbocycles. The average Bonchev–Trinajstić information content (AvgIpc) is 2.37. The Morgan fingerprint density at radius 2 is 2.05 bits per heavy atom. The molecule has 0 aliphatic heterocycles. The smallest absolute Gasteiger partial charge is 0.331 e. The second kappa shape index (κ2) is 6.25. The van der Waals surface area contributed by atoms with Gasteiger partial charge in [-0.2, -0.15) is 0 Å². The molecule has 1 aliphatic rings. The van der Waals surface area contributed by atoms with Crippen LogP contribution in [0.25, 0.3) is 0 Å². The molecule has 1 aromatic rings. The number of anilines is 1. The van der Waals surface area contributed by atoms with Crippen LogP contribution in [0.2, 0.25) is 0 Å². The van der Waals surface area contributed by atoms with Crippen molar-refractivity contribution in [3.63, 3.8) is 0 Å². The number of rotatable bonds is 6. The van der Waals surface area contributed by atoms with Gasteiger partial charge in [-0.05, 0) is 50.5 Å². The lowest BCUT2D eigenvalue weighted by Gasteiger charge is -2.36. The van der Waals surface area contributed by atoms with Crippen molar-refractivity contribution in [2.45, 2.75) is 45.1 Å². The number of benzene rings is 1. The summed E-state index contributed by atoms with van der Waals surface area (Å²) < 4.78 is 18.2. The summed E-state index contributed by atoms with van der Waals surface area (Å²) >= 11 is 0. The fraction of sp³-hybridized carbons (Fsp3) is 0.562. The summed E-state index contributed by atoms with van der Waals surface area (Å²) in [6.07, 6.45) is 4.32. The van der Waals surface area contributed by atoms with Crippen LogP contribution in [0.5, 0.6) is 0 Å². The van der Waals surface area contributed by atoms with E-state index in [2.05, 4.69) is 5.32 Å². The van der Waals surface area contributed by atoms with Crippen LogP contribution in [-0.4, -0.2) is 18.1 Å². The first-order valence-electron chi connectivity index (χ1n) is 7.24. The van der Waals surface area contributed by atoms with Crippen molar-refractivity contribution in [2.24, 2.45) is 5.92 Å². The molecule has 0 bridgehead atoms. The second-order valence-electron chi connectivity index (χ2n) is 5.69. The molecule has 1 N–H and O–H groups in total. The first kappa shape index (κ1) is 14.8. The van der Waals surface area contributed by atoms with Crippen LogP contribution < -0.4 is 5.32 Å². The van der Waals surface area contributed by atoms with E-state index < -0.39 is 5.54 Å². The van der Waals surface area contributed by atoms with Gasteiger partial charge in [0.05, 0.1) is 6.61 Å². The largest absolute Gasteiger partial charge is 0.464 e. The van der Waals surface area contributed by atoms with Gasteiger partial charge >= 0.3 is 5.97 Å². The maximum Gasteiger partial charge on any atom is 0.331 e. The summed E-state index contributed by atoms with van der Waals surface area (Å²) in [5.74, 6) is 0.0426. The normalized spacial score (nSPS) is 17.9. The predicted octanol–water partition coefficient (Wildman–Crippen LogP) is 3.75. The molecule has 1 atom stereocenters. The highest BCUT2D eigenvalue weighted by atomic mass is 19.1. The van der Waals surface area contributed by atoms with Gasteiger partial charge in [-0.1, -0.05) is 19.3 Å². The van der Waals surface area contributed by atoms with Gasteiger partial charge in [-0.15, -0.1) is 0 Å². The van der Waals surface area contributed by atoms with Crippen LogP contribution in [0.15, 0.2) is 24.3 Å². The SMILES string of the molecule is CCOC(=O)C(C)(CC1CCC1)Nc1ccc(F)cc1. The topological polar surface area (TPSA) is 38.3 Å². The van der Waals surface area contributed by atoms with E-state index in [1.54, 1.807) is 19.1 Å². The van der Waals surface area contributed by atoms with E-state index in [0.29, 0.717) is 12.5 Å². The minimum absolute atomic E-state index is 0.240. The number of ether oxygens (including phenoxy) is 1. The molecule has 0 radical (unpaired) electrons. The molecule has 0 aromatic heterocycles. The number of nitrogens with one attached hydrogen (secondary N) is 1. The van der Waals surface area contributed by atoms with Crippen molar-refractivity contribution in [1.29, 1.82) is 0 Å².